The fraction of sp³-hybridized carbons (Fsp3) is 0.296. The number of nitrogens with one attached hydrogen (secondary N) is 2. The van der Waals surface area contributed by atoms with Crippen LogP contribution in [0.15, 0.2) is 157 Å². The highest BCUT2D eigenvalue weighted by Gasteiger charge is 2.40. The van der Waals surface area contributed by atoms with Gasteiger partial charge in [0.05, 0.1) is 18.7 Å². The van der Waals surface area contributed by atoms with Gasteiger partial charge in [-0.05, 0) is 90.8 Å². The molecule has 8 rings (SSSR count). The molecular formula is C54H60N4O4Si. The van der Waals surface area contributed by atoms with Gasteiger partial charge >= 0.3 is 0 Å². The lowest BCUT2D eigenvalue weighted by Gasteiger charge is -2.38. The molecule has 1 fully saturated rings. The molecule has 5 aromatic carbocycles. The van der Waals surface area contributed by atoms with Crippen molar-refractivity contribution in [2.45, 2.75) is 95.9 Å². The van der Waals surface area contributed by atoms with Crippen LogP contribution in [0.1, 0.15) is 79.5 Å². The van der Waals surface area contributed by atoms with Gasteiger partial charge in [-0.3, -0.25) is 9.59 Å². The lowest BCUT2D eigenvalue weighted by Crippen LogP contribution is -2.51. The zero-order chi connectivity index (χ0) is 44.5. The van der Waals surface area contributed by atoms with Crippen LogP contribution in [-0.4, -0.2) is 49.7 Å². The van der Waals surface area contributed by atoms with Crippen LogP contribution in [-0.2, 0) is 26.2 Å². The standard InChI is InChI=1S/C54H60N4O4Si/c1-36-24-26-41(27-25-36)54(39-18-10-8-11-19-39,40-20-12-9-13-21-40)57-43-29-31-46-49(34-43)62-48-33-42(56-51(59)47-23-16-32-58(47)52(60)37(2)55)28-30-45(48)50(46)44-22-15-14-17-38(44)35-61-63(6,7)53(3,4)5/h8-15,17-22,24-31,33-34,37,42,47,57H,16,23,32,35,55H2,1-7H3,(H,56,59)/t37?,42?,47-/m0/s1. The van der Waals surface area contributed by atoms with Crippen LogP contribution in [0.3, 0.4) is 0 Å². The zero-order valence-electron chi connectivity index (χ0n) is 37.6. The smallest absolute Gasteiger partial charge is 0.243 e. The monoisotopic (exact) mass is 856 g/mol. The van der Waals surface area contributed by atoms with Crippen LogP contribution in [0.25, 0.3) is 5.57 Å². The number of nitrogens with zero attached hydrogens (tertiary/aromatic N) is 1. The lowest BCUT2D eigenvalue weighted by molar-refractivity contribution is -0.139. The van der Waals surface area contributed by atoms with E-state index in [-0.39, 0.29) is 16.9 Å². The predicted molar refractivity (Wildman–Crippen MR) is 257 cm³/mol. The van der Waals surface area contributed by atoms with Crippen LogP contribution in [0.5, 0.6) is 5.75 Å². The molecule has 3 atom stereocenters. The zero-order valence-corrected chi connectivity index (χ0v) is 38.6. The Balaban J connectivity index is 1.23. The van der Waals surface area contributed by atoms with Crippen molar-refractivity contribution in [3.05, 3.63) is 196 Å². The Morgan fingerprint density at radius 3 is 2.14 bits per heavy atom. The molecule has 2 heterocycles. The largest absolute Gasteiger partial charge is 0.456 e. The molecule has 2 amide bonds. The summed E-state index contributed by atoms with van der Waals surface area (Å²) in [5.41, 5.74) is 15.6. The number of anilines is 1. The van der Waals surface area contributed by atoms with Gasteiger partial charge in [-0.2, -0.15) is 0 Å². The van der Waals surface area contributed by atoms with Gasteiger partial charge in [0.2, 0.25) is 11.8 Å². The first-order valence-corrected chi connectivity index (χ1v) is 25.1. The molecule has 0 saturated carbocycles. The quantitative estimate of drug-likeness (QED) is 0.0853. The maximum Gasteiger partial charge on any atom is 0.243 e. The van der Waals surface area contributed by atoms with E-state index >= 15 is 0 Å². The highest BCUT2D eigenvalue weighted by Crippen LogP contribution is 2.47. The van der Waals surface area contributed by atoms with Gasteiger partial charge in [0.15, 0.2) is 8.32 Å². The van der Waals surface area contributed by atoms with E-state index < -0.39 is 32.0 Å². The summed E-state index contributed by atoms with van der Waals surface area (Å²) >= 11 is 0. The molecule has 0 aromatic heterocycles. The Hall–Kier alpha value is -6.00. The minimum Gasteiger partial charge on any atom is -0.456 e. The molecule has 9 heteroatoms. The second-order valence-corrected chi connectivity index (χ2v) is 23.5. The number of amides is 2. The molecule has 1 saturated heterocycles. The second-order valence-electron chi connectivity index (χ2n) is 18.7. The minimum atomic E-state index is -2.08. The van der Waals surface area contributed by atoms with Crippen LogP contribution < -0.4 is 21.1 Å². The van der Waals surface area contributed by atoms with Gasteiger partial charge < -0.3 is 30.4 Å². The average molecular weight is 857 g/mol. The number of carbonyl (C=O) groups excluding carboxylic acids is 2. The summed E-state index contributed by atoms with van der Waals surface area (Å²) < 4.78 is 13.8. The Bertz CT molecular complexity index is 2530. The number of likely N-dealkylation sites (tertiary alicyclic amines) is 1. The summed E-state index contributed by atoms with van der Waals surface area (Å²) in [5.74, 6) is 0.923. The Kier molecular flexibility index (Phi) is 12.2. The molecule has 5 aromatic rings. The summed E-state index contributed by atoms with van der Waals surface area (Å²) in [6.45, 7) is 16.1. The van der Waals surface area contributed by atoms with E-state index in [9.17, 15) is 9.59 Å². The topological polar surface area (TPSA) is 106 Å². The van der Waals surface area contributed by atoms with E-state index in [1.54, 1.807) is 11.8 Å². The summed E-state index contributed by atoms with van der Waals surface area (Å²) in [6, 6.07) is 43.1. The van der Waals surface area contributed by atoms with Gasteiger partial charge in [0.25, 0.3) is 0 Å². The maximum absolute atomic E-state index is 13.8. The number of allylic oxidation sites excluding steroid dienone is 1. The molecule has 324 valence electrons. The molecule has 0 bridgehead atoms. The minimum absolute atomic E-state index is 0.0542. The molecule has 0 radical (unpaired) electrons. The summed E-state index contributed by atoms with van der Waals surface area (Å²) in [5, 5.41) is 7.29. The Labute approximate surface area is 374 Å². The number of ether oxygens (including phenoxy) is 1. The maximum atomic E-state index is 13.8. The first-order chi connectivity index (χ1) is 30.2. The van der Waals surface area contributed by atoms with E-state index in [0.29, 0.717) is 31.1 Å². The molecule has 0 spiro atoms. The van der Waals surface area contributed by atoms with Crippen molar-refractivity contribution >= 4 is 31.4 Å². The molecule has 2 aliphatic heterocycles. The molecule has 63 heavy (non-hydrogen) atoms. The third-order valence-electron chi connectivity index (χ3n) is 13.3. The van der Waals surface area contributed by atoms with E-state index in [1.807, 2.05) is 24.3 Å². The average Bonchev–Trinajstić information content (AvgIpc) is 3.77. The number of benzene rings is 5. The fourth-order valence-electron chi connectivity index (χ4n) is 8.72. The normalized spacial score (nSPS) is 17.9. The van der Waals surface area contributed by atoms with Crippen molar-refractivity contribution < 1.29 is 18.8 Å². The van der Waals surface area contributed by atoms with Gasteiger partial charge in [-0.15, -0.1) is 0 Å². The number of aryl methyl sites for hydroxylation is 1. The number of carbonyl (C=O) groups is 2. The molecule has 3 aliphatic rings. The second kappa shape index (κ2) is 17.6. The molecular weight excluding hydrogens is 797 g/mol. The molecule has 1 aliphatic carbocycles. The third kappa shape index (κ3) is 8.70. The fourth-order valence-corrected chi connectivity index (χ4v) is 9.67. The van der Waals surface area contributed by atoms with E-state index in [1.165, 1.54) is 5.56 Å². The van der Waals surface area contributed by atoms with Gasteiger partial charge in [0.1, 0.15) is 23.1 Å². The van der Waals surface area contributed by atoms with Gasteiger partial charge in [-0.25, -0.2) is 0 Å². The summed E-state index contributed by atoms with van der Waals surface area (Å²) in [4.78, 5) is 28.4. The summed E-state index contributed by atoms with van der Waals surface area (Å²) in [6.07, 6.45) is 7.38. The van der Waals surface area contributed by atoms with Crippen LogP contribution in [0.4, 0.5) is 5.69 Å². The Morgan fingerprint density at radius 1 is 0.857 bits per heavy atom. The van der Waals surface area contributed by atoms with Crippen LogP contribution in [0, 0.1) is 6.92 Å². The van der Waals surface area contributed by atoms with E-state index in [0.717, 1.165) is 56.6 Å². The van der Waals surface area contributed by atoms with Gasteiger partial charge in [0, 0.05) is 35.0 Å². The predicted octanol–water partition coefficient (Wildman–Crippen LogP) is 10.4. The van der Waals surface area contributed by atoms with Crippen molar-refractivity contribution in [1.82, 2.24) is 10.2 Å². The van der Waals surface area contributed by atoms with Crippen molar-refractivity contribution in [3.8, 4) is 5.75 Å². The van der Waals surface area contributed by atoms with Crippen molar-refractivity contribution in [1.29, 1.82) is 0 Å². The van der Waals surface area contributed by atoms with Gasteiger partial charge in [-0.1, -0.05) is 148 Å². The highest BCUT2D eigenvalue weighted by atomic mass is 28.4. The van der Waals surface area contributed by atoms with Crippen molar-refractivity contribution in [2.75, 3.05) is 11.9 Å². The molecule has 8 nitrogen and oxygen atoms in total. The first kappa shape index (κ1) is 43.6. The highest BCUT2D eigenvalue weighted by molar-refractivity contribution is 6.74. The number of hydrogen-bond acceptors (Lipinski definition) is 6. The number of hydrogen-bond donors (Lipinski definition) is 3. The molecule has 2 unspecified atom stereocenters. The number of nitrogens with two attached hydrogens (primary N) is 1. The summed E-state index contributed by atoms with van der Waals surface area (Å²) in [7, 11) is -2.08. The Morgan fingerprint density at radius 2 is 1.49 bits per heavy atom. The van der Waals surface area contributed by atoms with Crippen LogP contribution in [0.2, 0.25) is 18.1 Å². The number of fused-ring (bicyclic) bond motifs is 2. The number of rotatable bonds is 12. The lowest BCUT2D eigenvalue weighted by atomic mass is 9.76. The van der Waals surface area contributed by atoms with Crippen molar-refractivity contribution in [2.24, 2.45) is 5.73 Å². The third-order valence-corrected chi connectivity index (χ3v) is 17.7. The van der Waals surface area contributed by atoms with Crippen LogP contribution >= 0.6 is 0 Å². The SMILES string of the molecule is Cc1ccc(C(Nc2ccc3c(c2)OC2=CC(NC(=O)[C@@H]4CCCN4C(=O)C(C)N)C=CC2=C3c2ccccc2CO[Si](C)(C)C(C)(C)C)(c2ccccc2)c2ccccc2)cc1. The first-order valence-electron chi connectivity index (χ1n) is 22.2. The molecule has 4 N–H and O–H groups in total. The van der Waals surface area contributed by atoms with Crippen molar-refractivity contribution in [3.63, 3.8) is 0 Å². The van der Waals surface area contributed by atoms with E-state index in [4.69, 9.17) is 14.9 Å². The van der Waals surface area contributed by atoms with E-state index in [2.05, 4.69) is 173 Å².